The van der Waals surface area contributed by atoms with Crippen LogP contribution in [0.15, 0.2) is 148 Å². The van der Waals surface area contributed by atoms with Crippen molar-refractivity contribution in [2.45, 2.75) is 0 Å². The molecule has 10 rings (SSSR count). The second-order valence-electron chi connectivity index (χ2n) is 11.6. The van der Waals surface area contributed by atoms with Gasteiger partial charge in [-0.3, -0.25) is 0 Å². The normalized spacial score (nSPS) is 11.9. The van der Waals surface area contributed by atoms with Crippen LogP contribution in [0.4, 0.5) is 0 Å². The molecule has 5 nitrogen and oxygen atoms in total. The highest BCUT2D eigenvalue weighted by atomic mass is 16.3. The summed E-state index contributed by atoms with van der Waals surface area (Å²) >= 11 is 0. The molecule has 3 aromatic heterocycles. The van der Waals surface area contributed by atoms with Crippen LogP contribution in [0.25, 0.3) is 99.6 Å². The third kappa shape index (κ3) is 3.66. The molecule has 0 spiro atoms. The molecule has 0 N–H and O–H groups in total. The molecule has 0 unspecified atom stereocenters. The molecule has 0 fully saturated rings. The van der Waals surface area contributed by atoms with Crippen molar-refractivity contribution in [1.29, 1.82) is 0 Å². The Morgan fingerprint density at radius 2 is 0.783 bits per heavy atom. The van der Waals surface area contributed by atoms with Crippen LogP contribution < -0.4 is 0 Å². The van der Waals surface area contributed by atoms with E-state index in [4.69, 9.17) is 23.8 Å². The van der Waals surface area contributed by atoms with Gasteiger partial charge in [-0.05, 0) is 35.0 Å². The van der Waals surface area contributed by atoms with Crippen LogP contribution in [-0.4, -0.2) is 15.0 Å². The Kier molecular flexibility index (Phi) is 5.22. The summed E-state index contributed by atoms with van der Waals surface area (Å²) in [6, 6.07) is 47.4. The van der Waals surface area contributed by atoms with E-state index >= 15 is 0 Å². The van der Waals surface area contributed by atoms with Gasteiger partial charge in [-0.15, -0.1) is 0 Å². The molecule has 5 heteroatoms. The van der Waals surface area contributed by atoms with Crippen molar-refractivity contribution in [3.63, 3.8) is 0 Å². The number of fused-ring (bicyclic) bond motifs is 10. The van der Waals surface area contributed by atoms with Crippen molar-refractivity contribution in [2.24, 2.45) is 0 Å². The molecule has 214 valence electrons. The van der Waals surface area contributed by atoms with Crippen LogP contribution in [0.3, 0.4) is 0 Å². The van der Waals surface area contributed by atoms with E-state index in [2.05, 4.69) is 48.5 Å². The minimum absolute atomic E-state index is 0.584. The van der Waals surface area contributed by atoms with Crippen LogP contribution in [0.1, 0.15) is 0 Å². The topological polar surface area (TPSA) is 65.0 Å². The first-order chi connectivity index (χ1) is 22.8. The average Bonchev–Trinajstić information content (AvgIpc) is 3.71. The van der Waals surface area contributed by atoms with Gasteiger partial charge >= 0.3 is 0 Å². The molecule has 0 amide bonds. The zero-order valence-electron chi connectivity index (χ0n) is 24.4. The molecular formula is C41H23N3O2. The SMILES string of the molecule is c1ccc(-c2nc(-c3cc4ccccc4c4oc5ccccc5c34)nc(-c3cc4ccccc4c4oc5ccccc5c34)n2)cc1. The van der Waals surface area contributed by atoms with Gasteiger partial charge in [-0.1, -0.05) is 115 Å². The standard InChI is InChI=1S/C41H23N3O2/c1-2-12-24(13-3-1)39-42-40(31-22-25-14-4-6-16-27(25)37-35(31)29-18-8-10-20-33(29)45-37)44-41(43-39)32-23-26-15-5-7-17-28(26)38-36(32)30-19-9-11-21-34(30)46-38/h1-23H. The highest BCUT2D eigenvalue weighted by Gasteiger charge is 2.22. The lowest BCUT2D eigenvalue weighted by atomic mass is 9.98. The molecule has 46 heavy (non-hydrogen) atoms. The first-order valence-electron chi connectivity index (χ1n) is 15.3. The Morgan fingerprint density at radius 1 is 0.370 bits per heavy atom. The van der Waals surface area contributed by atoms with Crippen molar-refractivity contribution in [3.8, 4) is 34.2 Å². The average molecular weight is 590 g/mol. The summed E-state index contributed by atoms with van der Waals surface area (Å²) in [6.45, 7) is 0. The Balaban J connectivity index is 1.35. The number of nitrogens with zero attached hydrogens (tertiary/aromatic N) is 3. The highest BCUT2D eigenvalue weighted by Crippen LogP contribution is 2.43. The fourth-order valence-electron chi connectivity index (χ4n) is 6.81. The van der Waals surface area contributed by atoms with Gasteiger partial charge in [0.05, 0.1) is 0 Å². The van der Waals surface area contributed by atoms with E-state index < -0.39 is 0 Å². The first kappa shape index (κ1) is 25.0. The lowest BCUT2D eigenvalue weighted by Gasteiger charge is -2.12. The highest BCUT2D eigenvalue weighted by molar-refractivity contribution is 6.22. The summed E-state index contributed by atoms with van der Waals surface area (Å²) in [7, 11) is 0. The van der Waals surface area contributed by atoms with Crippen molar-refractivity contribution < 1.29 is 8.83 Å². The van der Waals surface area contributed by atoms with Gasteiger partial charge in [-0.25, -0.2) is 15.0 Å². The van der Waals surface area contributed by atoms with Crippen molar-refractivity contribution >= 4 is 65.4 Å². The number of para-hydroxylation sites is 2. The smallest absolute Gasteiger partial charge is 0.164 e. The number of rotatable bonds is 3. The fourth-order valence-corrected chi connectivity index (χ4v) is 6.81. The predicted octanol–water partition coefficient (Wildman–Crippen LogP) is 11.0. The molecule has 0 saturated heterocycles. The maximum atomic E-state index is 6.52. The summed E-state index contributed by atoms with van der Waals surface area (Å²) in [5.41, 5.74) is 6.01. The van der Waals surface area contributed by atoms with Gasteiger partial charge < -0.3 is 8.83 Å². The van der Waals surface area contributed by atoms with Crippen LogP contribution in [0.2, 0.25) is 0 Å². The van der Waals surface area contributed by atoms with E-state index in [1.54, 1.807) is 0 Å². The van der Waals surface area contributed by atoms with Gasteiger partial charge in [-0.2, -0.15) is 0 Å². The van der Waals surface area contributed by atoms with Crippen molar-refractivity contribution in [2.75, 3.05) is 0 Å². The number of hydrogen-bond donors (Lipinski definition) is 0. The van der Waals surface area contributed by atoms with E-state index in [1.165, 1.54) is 0 Å². The zero-order chi connectivity index (χ0) is 30.2. The lowest BCUT2D eigenvalue weighted by molar-refractivity contribution is 0.672. The van der Waals surface area contributed by atoms with E-state index in [1.807, 2.05) is 91.0 Å². The molecule has 0 aliphatic rings. The molecule has 10 aromatic rings. The number of hydrogen-bond acceptors (Lipinski definition) is 5. The first-order valence-corrected chi connectivity index (χ1v) is 15.3. The second-order valence-corrected chi connectivity index (χ2v) is 11.6. The van der Waals surface area contributed by atoms with Gasteiger partial charge in [0, 0.05) is 49.0 Å². The monoisotopic (exact) mass is 589 g/mol. The fraction of sp³-hybridized carbons (Fsp3) is 0. The van der Waals surface area contributed by atoms with Gasteiger partial charge in [0.25, 0.3) is 0 Å². The molecule has 0 bridgehead atoms. The number of aromatic nitrogens is 3. The van der Waals surface area contributed by atoms with Gasteiger partial charge in [0.15, 0.2) is 17.5 Å². The molecular weight excluding hydrogens is 566 g/mol. The Labute approximate surface area is 262 Å². The molecule has 3 heterocycles. The van der Waals surface area contributed by atoms with E-state index in [-0.39, 0.29) is 0 Å². The summed E-state index contributed by atoms with van der Waals surface area (Å²) in [5.74, 6) is 1.77. The van der Waals surface area contributed by atoms with Crippen LogP contribution in [-0.2, 0) is 0 Å². The lowest BCUT2D eigenvalue weighted by Crippen LogP contribution is -2.01. The molecule has 7 aromatic carbocycles. The van der Waals surface area contributed by atoms with Crippen molar-refractivity contribution in [3.05, 3.63) is 140 Å². The third-order valence-corrected chi connectivity index (χ3v) is 8.89. The summed E-state index contributed by atoms with van der Waals surface area (Å²) in [5, 5.41) is 8.24. The summed E-state index contributed by atoms with van der Waals surface area (Å²) < 4.78 is 13.0. The number of benzene rings is 7. The maximum Gasteiger partial charge on any atom is 0.164 e. The predicted molar refractivity (Wildman–Crippen MR) is 186 cm³/mol. The third-order valence-electron chi connectivity index (χ3n) is 8.89. The minimum Gasteiger partial charge on any atom is -0.455 e. The van der Waals surface area contributed by atoms with E-state index in [9.17, 15) is 0 Å². The zero-order valence-corrected chi connectivity index (χ0v) is 24.4. The van der Waals surface area contributed by atoms with E-state index in [0.717, 1.165) is 82.1 Å². The number of furan rings is 2. The minimum atomic E-state index is 0.584. The molecule has 0 aliphatic carbocycles. The van der Waals surface area contributed by atoms with Crippen LogP contribution >= 0.6 is 0 Å². The van der Waals surface area contributed by atoms with Crippen LogP contribution in [0.5, 0.6) is 0 Å². The summed E-state index contributed by atoms with van der Waals surface area (Å²) in [4.78, 5) is 15.6. The van der Waals surface area contributed by atoms with E-state index in [0.29, 0.717) is 17.5 Å². The molecule has 0 aliphatic heterocycles. The summed E-state index contributed by atoms with van der Waals surface area (Å²) in [6.07, 6.45) is 0. The quantitative estimate of drug-likeness (QED) is 0.205. The van der Waals surface area contributed by atoms with Gasteiger partial charge in [0.1, 0.15) is 22.3 Å². The maximum absolute atomic E-state index is 6.52. The van der Waals surface area contributed by atoms with Gasteiger partial charge in [0.2, 0.25) is 0 Å². The Morgan fingerprint density at radius 3 is 1.30 bits per heavy atom. The van der Waals surface area contributed by atoms with Crippen LogP contribution in [0, 0.1) is 0 Å². The second kappa shape index (κ2) is 9.58. The Hall–Kier alpha value is -6.33. The largest absolute Gasteiger partial charge is 0.455 e. The van der Waals surface area contributed by atoms with Crippen molar-refractivity contribution in [1.82, 2.24) is 15.0 Å². The molecule has 0 radical (unpaired) electrons. The molecule has 0 atom stereocenters. The Bertz CT molecular complexity index is 2640. The molecule has 0 saturated carbocycles.